The molecular weight excluding hydrogens is 268 g/mol. The van der Waals surface area contributed by atoms with E-state index in [4.69, 9.17) is 11.6 Å². The third-order valence-corrected chi connectivity index (χ3v) is 8.00. The fourth-order valence-corrected chi connectivity index (χ4v) is 4.29. The van der Waals surface area contributed by atoms with E-state index in [0.717, 1.165) is 11.1 Å². The predicted molar refractivity (Wildman–Crippen MR) is 88.9 cm³/mol. The molecule has 2 aromatic carbocycles. The molecule has 0 N–H and O–H groups in total. The van der Waals surface area contributed by atoms with Crippen LogP contribution in [0, 0.1) is 0 Å². The van der Waals surface area contributed by atoms with Gasteiger partial charge in [0.2, 0.25) is 0 Å². The Morgan fingerprint density at radius 1 is 1.00 bits per heavy atom. The molecule has 0 fully saturated rings. The van der Waals surface area contributed by atoms with Crippen LogP contribution in [0.2, 0.25) is 13.1 Å². The Morgan fingerprint density at radius 3 is 2.21 bits per heavy atom. The summed E-state index contributed by atoms with van der Waals surface area (Å²) < 4.78 is 0. The van der Waals surface area contributed by atoms with Crippen LogP contribution >= 0.6 is 11.6 Å². The Balaban J connectivity index is 2.49. The van der Waals surface area contributed by atoms with Crippen molar-refractivity contribution in [2.24, 2.45) is 0 Å². The van der Waals surface area contributed by atoms with Crippen molar-refractivity contribution in [2.45, 2.75) is 13.1 Å². The van der Waals surface area contributed by atoms with Gasteiger partial charge in [-0.1, -0.05) is 79.5 Å². The highest BCUT2D eigenvalue weighted by Crippen LogP contribution is 2.22. The summed E-state index contributed by atoms with van der Waals surface area (Å²) in [6, 6.07) is 18.9. The fraction of sp³-hybridized carbons (Fsp3) is 0.176. The predicted octanol–water partition coefficient (Wildman–Crippen LogP) is 4.44. The van der Waals surface area contributed by atoms with Gasteiger partial charge in [0.05, 0.1) is 8.07 Å². The van der Waals surface area contributed by atoms with Crippen LogP contribution in [0.3, 0.4) is 0 Å². The smallest absolute Gasteiger partial charge is 0.0967 e. The summed E-state index contributed by atoms with van der Waals surface area (Å²) in [4.78, 5) is 0. The molecule has 0 aromatic heterocycles. The minimum Gasteiger partial charge on any atom is -0.130 e. The number of hydrogen-bond acceptors (Lipinski definition) is 0. The monoisotopic (exact) mass is 286 g/mol. The lowest BCUT2D eigenvalue weighted by atomic mass is 10.00. The standard InChI is InChI=1S/C17H19ClSi/c1-14(15-9-5-4-6-10-15)16-11-7-8-12-17(16)19(2,3)13-18/h4-12H,1,13H2,2-3H3. The van der Waals surface area contributed by atoms with Gasteiger partial charge in [0.1, 0.15) is 0 Å². The van der Waals surface area contributed by atoms with Gasteiger partial charge in [0.15, 0.2) is 0 Å². The second-order valence-electron chi connectivity index (χ2n) is 5.41. The highest BCUT2D eigenvalue weighted by Gasteiger charge is 2.25. The lowest BCUT2D eigenvalue weighted by molar-refractivity contribution is 1.56. The van der Waals surface area contributed by atoms with Crippen molar-refractivity contribution in [3.8, 4) is 0 Å². The summed E-state index contributed by atoms with van der Waals surface area (Å²) in [6.45, 7) is 8.89. The highest BCUT2D eigenvalue weighted by molar-refractivity contribution is 6.94. The van der Waals surface area contributed by atoms with Crippen LogP contribution in [0.1, 0.15) is 11.1 Å². The normalized spacial score (nSPS) is 11.3. The maximum Gasteiger partial charge on any atom is 0.0967 e. The van der Waals surface area contributed by atoms with Crippen LogP contribution in [0.15, 0.2) is 61.2 Å². The lowest BCUT2D eigenvalue weighted by Crippen LogP contribution is -2.45. The lowest BCUT2D eigenvalue weighted by Gasteiger charge is -2.24. The molecule has 0 saturated carbocycles. The first-order valence-corrected chi connectivity index (χ1v) is 10.2. The van der Waals surface area contributed by atoms with Gasteiger partial charge in [0.25, 0.3) is 0 Å². The van der Waals surface area contributed by atoms with Gasteiger partial charge in [-0.3, -0.25) is 0 Å². The number of alkyl halides is 1. The van der Waals surface area contributed by atoms with Gasteiger partial charge in [-0.25, -0.2) is 0 Å². The van der Waals surface area contributed by atoms with Crippen LogP contribution < -0.4 is 5.19 Å². The largest absolute Gasteiger partial charge is 0.130 e. The molecule has 0 heterocycles. The molecule has 0 aliphatic carbocycles. The van der Waals surface area contributed by atoms with Crippen LogP contribution in [-0.4, -0.2) is 13.6 Å². The van der Waals surface area contributed by atoms with Crippen molar-refractivity contribution in [3.05, 3.63) is 72.3 Å². The molecule has 2 heteroatoms. The Kier molecular flexibility index (Phi) is 4.28. The van der Waals surface area contributed by atoms with E-state index < -0.39 is 8.07 Å². The van der Waals surface area contributed by atoms with Gasteiger partial charge in [-0.05, 0) is 16.7 Å². The summed E-state index contributed by atoms with van der Waals surface area (Å²) in [5, 5.41) is 1.39. The molecule has 19 heavy (non-hydrogen) atoms. The molecule has 0 saturated heterocycles. The molecule has 0 spiro atoms. The van der Waals surface area contributed by atoms with Gasteiger partial charge in [0, 0.05) is 5.50 Å². The number of halogens is 1. The molecule has 0 radical (unpaired) electrons. The van der Waals surface area contributed by atoms with Crippen molar-refractivity contribution in [1.82, 2.24) is 0 Å². The number of hydrogen-bond donors (Lipinski definition) is 0. The zero-order chi connectivity index (χ0) is 13.9. The topological polar surface area (TPSA) is 0 Å². The van der Waals surface area contributed by atoms with E-state index in [2.05, 4.69) is 56.1 Å². The second-order valence-corrected chi connectivity index (χ2v) is 10.8. The summed E-state index contributed by atoms with van der Waals surface area (Å²) in [6.07, 6.45) is 0. The van der Waals surface area contributed by atoms with E-state index in [1.807, 2.05) is 18.2 Å². The Morgan fingerprint density at radius 2 is 1.58 bits per heavy atom. The van der Waals surface area contributed by atoms with E-state index in [1.165, 1.54) is 16.3 Å². The first-order chi connectivity index (χ1) is 9.06. The van der Waals surface area contributed by atoms with Gasteiger partial charge >= 0.3 is 0 Å². The minimum absolute atomic E-state index is 0.728. The maximum atomic E-state index is 6.18. The van der Waals surface area contributed by atoms with E-state index in [1.54, 1.807) is 0 Å². The molecule has 0 nitrogen and oxygen atoms in total. The zero-order valence-electron chi connectivity index (χ0n) is 11.5. The molecule has 0 bridgehead atoms. The van der Waals surface area contributed by atoms with E-state index >= 15 is 0 Å². The van der Waals surface area contributed by atoms with Gasteiger partial charge in [-0.15, -0.1) is 11.6 Å². The van der Waals surface area contributed by atoms with Crippen molar-refractivity contribution in [2.75, 3.05) is 5.50 Å². The Labute approximate surface area is 121 Å². The SMILES string of the molecule is C=C(c1ccccc1)c1ccccc1[Si](C)(C)CCl. The Hall–Kier alpha value is -1.31. The molecule has 0 unspecified atom stereocenters. The third-order valence-electron chi connectivity index (χ3n) is 3.44. The minimum atomic E-state index is -1.59. The summed E-state index contributed by atoms with van der Waals surface area (Å²) in [7, 11) is -1.59. The quantitative estimate of drug-likeness (QED) is 0.576. The van der Waals surface area contributed by atoms with Crippen molar-refractivity contribution in [3.63, 3.8) is 0 Å². The third kappa shape index (κ3) is 2.99. The van der Waals surface area contributed by atoms with Crippen molar-refractivity contribution in [1.29, 1.82) is 0 Å². The molecule has 2 aromatic rings. The molecule has 0 aliphatic heterocycles. The summed E-state index contributed by atoms with van der Waals surface area (Å²) >= 11 is 6.18. The van der Waals surface area contributed by atoms with E-state index in [0.29, 0.717) is 0 Å². The molecule has 0 amide bonds. The van der Waals surface area contributed by atoms with E-state index in [-0.39, 0.29) is 0 Å². The van der Waals surface area contributed by atoms with Crippen LogP contribution in [-0.2, 0) is 0 Å². The first-order valence-electron chi connectivity index (χ1n) is 6.46. The van der Waals surface area contributed by atoms with Crippen LogP contribution in [0.4, 0.5) is 0 Å². The molecule has 0 aliphatic rings. The van der Waals surface area contributed by atoms with E-state index in [9.17, 15) is 0 Å². The zero-order valence-corrected chi connectivity index (χ0v) is 13.2. The fourth-order valence-electron chi connectivity index (χ4n) is 2.20. The summed E-state index contributed by atoms with van der Waals surface area (Å²) in [5.41, 5.74) is 4.23. The highest BCUT2D eigenvalue weighted by atomic mass is 35.5. The van der Waals surface area contributed by atoms with Crippen LogP contribution in [0.5, 0.6) is 0 Å². The van der Waals surface area contributed by atoms with Crippen molar-refractivity contribution >= 4 is 30.4 Å². The molecule has 2 rings (SSSR count). The number of benzene rings is 2. The number of rotatable bonds is 4. The van der Waals surface area contributed by atoms with Crippen molar-refractivity contribution < 1.29 is 0 Å². The van der Waals surface area contributed by atoms with Gasteiger partial charge < -0.3 is 0 Å². The average Bonchev–Trinajstić information content (AvgIpc) is 2.47. The van der Waals surface area contributed by atoms with Crippen LogP contribution in [0.25, 0.3) is 5.57 Å². The van der Waals surface area contributed by atoms with Gasteiger partial charge in [-0.2, -0.15) is 0 Å². The maximum absolute atomic E-state index is 6.18. The second kappa shape index (κ2) is 5.77. The Bertz CT molecular complexity index is 573. The molecule has 0 atom stereocenters. The molecular formula is C17H19ClSi. The average molecular weight is 287 g/mol. The summed E-state index contributed by atoms with van der Waals surface area (Å²) in [5.74, 6) is 0. The first kappa shape index (κ1) is 14.1. The molecule has 98 valence electrons.